The van der Waals surface area contributed by atoms with Crippen molar-refractivity contribution in [1.29, 1.82) is 5.26 Å². The summed E-state index contributed by atoms with van der Waals surface area (Å²) in [5.41, 5.74) is -0.366. The highest BCUT2D eigenvalue weighted by atomic mass is 16.5. The van der Waals surface area contributed by atoms with E-state index >= 15 is 0 Å². The topological polar surface area (TPSA) is 45.0 Å². The Morgan fingerprint density at radius 1 is 1.00 bits per heavy atom. The van der Waals surface area contributed by atoms with E-state index in [1.165, 1.54) is 32.1 Å². The molecule has 3 nitrogen and oxygen atoms in total. The van der Waals surface area contributed by atoms with E-state index in [0.29, 0.717) is 0 Å². The standard InChI is InChI=1S/C16H32N2O/c1-4-6-7-8-10-13-19-14-11-9-12-16(3,15-17)18-5-2/h18H,4-14H2,1-3H3. The lowest BCUT2D eigenvalue weighted by atomic mass is 9.97. The third kappa shape index (κ3) is 11.0. The Morgan fingerprint density at radius 2 is 1.63 bits per heavy atom. The van der Waals surface area contributed by atoms with Crippen LogP contribution in [0.3, 0.4) is 0 Å². The van der Waals surface area contributed by atoms with E-state index < -0.39 is 0 Å². The van der Waals surface area contributed by atoms with Gasteiger partial charge in [-0.1, -0.05) is 39.5 Å². The number of nitrogens with one attached hydrogen (secondary N) is 1. The molecule has 0 aromatic carbocycles. The van der Waals surface area contributed by atoms with Gasteiger partial charge >= 0.3 is 0 Å². The van der Waals surface area contributed by atoms with Crippen LogP contribution in [0.25, 0.3) is 0 Å². The van der Waals surface area contributed by atoms with Crippen LogP contribution in [-0.2, 0) is 4.74 Å². The van der Waals surface area contributed by atoms with Gasteiger partial charge in [-0.25, -0.2) is 0 Å². The molecule has 0 aliphatic heterocycles. The van der Waals surface area contributed by atoms with Crippen LogP contribution in [-0.4, -0.2) is 25.3 Å². The highest BCUT2D eigenvalue weighted by Crippen LogP contribution is 2.12. The van der Waals surface area contributed by atoms with E-state index in [1.807, 2.05) is 13.8 Å². The first-order valence-corrected chi connectivity index (χ1v) is 7.92. The Morgan fingerprint density at radius 3 is 2.21 bits per heavy atom. The number of nitrogens with zero attached hydrogens (tertiary/aromatic N) is 1. The maximum atomic E-state index is 9.12. The zero-order valence-corrected chi connectivity index (χ0v) is 13.1. The molecule has 0 saturated carbocycles. The molecule has 1 atom stereocenters. The monoisotopic (exact) mass is 268 g/mol. The van der Waals surface area contributed by atoms with Crippen molar-refractivity contribution < 1.29 is 4.74 Å². The summed E-state index contributed by atoms with van der Waals surface area (Å²) >= 11 is 0. The van der Waals surface area contributed by atoms with E-state index in [9.17, 15) is 0 Å². The predicted octanol–water partition coefficient (Wildman–Crippen LogP) is 4.04. The molecule has 0 aliphatic carbocycles. The van der Waals surface area contributed by atoms with Crippen molar-refractivity contribution in [1.82, 2.24) is 5.32 Å². The van der Waals surface area contributed by atoms with Crippen LogP contribution in [0.1, 0.15) is 72.1 Å². The first-order chi connectivity index (χ1) is 9.18. The molecule has 1 N–H and O–H groups in total. The molecule has 0 aromatic rings. The molecule has 1 unspecified atom stereocenters. The molecule has 0 amide bonds. The Kier molecular flexibility index (Phi) is 12.1. The van der Waals surface area contributed by atoms with Gasteiger partial charge in [0.05, 0.1) is 6.07 Å². The average molecular weight is 268 g/mol. The van der Waals surface area contributed by atoms with E-state index in [2.05, 4.69) is 18.3 Å². The summed E-state index contributed by atoms with van der Waals surface area (Å²) in [7, 11) is 0. The molecular weight excluding hydrogens is 236 g/mol. The minimum absolute atomic E-state index is 0.366. The first-order valence-electron chi connectivity index (χ1n) is 7.92. The number of unbranched alkanes of at least 4 members (excludes halogenated alkanes) is 5. The average Bonchev–Trinajstić information content (AvgIpc) is 2.41. The molecule has 0 rings (SSSR count). The van der Waals surface area contributed by atoms with Gasteiger partial charge in [0, 0.05) is 13.2 Å². The third-order valence-electron chi connectivity index (χ3n) is 3.42. The van der Waals surface area contributed by atoms with Crippen molar-refractivity contribution in [3.05, 3.63) is 0 Å². The number of hydrogen-bond donors (Lipinski definition) is 1. The van der Waals surface area contributed by atoms with Crippen LogP contribution < -0.4 is 5.32 Å². The summed E-state index contributed by atoms with van der Waals surface area (Å²) in [4.78, 5) is 0. The second kappa shape index (κ2) is 12.4. The van der Waals surface area contributed by atoms with Gasteiger partial charge < -0.3 is 4.74 Å². The predicted molar refractivity (Wildman–Crippen MR) is 81.1 cm³/mol. The lowest BCUT2D eigenvalue weighted by molar-refractivity contribution is 0.124. The summed E-state index contributed by atoms with van der Waals surface area (Å²) in [5, 5.41) is 12.4. The van der Waals surface area contributed by atoms with Crippen molar-refractivity contribution >= 4 is 0 Å². The van der Waals surface area contributed by atoms with E-state index in [1.54, 1.807) is 0 Å². The van der Waals surface area contributed by atoms with Gasteiger partial charge in [0.2, 0.25) is 0 Å². The van der Waals surface area contributed by atoms with Gasteiger partial charge in [-0.2, -0.15) is 5.26 Å². The third-order valence-corrected chi connectivity index (χ3v) is 3.42. The number of nitriles is 1. The summed E-state index contributed by atoms with van der Waals surface area (Å²) < 4.78 is 5.62. The summed E-state index contributed by atoms with van der Waals surface area (Å²) in [6.07, 6.45) is 9.46. The summed E-state index contributed by atoms with van der Waals surface area (Å²) in [5.74, 6) is 0. The van der Waals surface area contributed by atoms with Crippen LogP contribution >= 0.6 is 0 Å². The van der Waals surface area contributed by atoms with E-state index in [4.69, 9.17) is 10.00 Å². The van der Waals surface area contributed by atoms with Gasteiger partial charge in [-0.05, 0) is 39.2 Å². The normalized spacial score (nSPS) is 14.0. The second-order valence-electron chi connectivity index (χ2n) is 5.46. The lowest BCUT2D eigenvalue weighted by Gasteiger charge is -2.22. The molecule has 0 aromatic heterocycles. The van der Waals surface area contributed by atoms with Gasteiger partial charge in [-0.3, -0.25) is 5.32 Å². The fourth-order valence-electron chi connectivity index (χ4n) is 2.17. The molecule has 0 radical (unpaired) electrons. The molecule has 0 spiro atoms. The number of hydrogen-bond acceptors (Lipinski definition) is 3. The van der Waals surface area contributed by atoms with Crippen molar-refractivity contribution in [2.45, 2.75) is 77.7 Å². The molecule has 0 saturated heterocycles. The second-order valence-corrected chi connectivity index (χ2v) is 5.46. The van der Waals surface area contributed by atoms with E-state index in [-0.39, 0.29) is 5.54 Å². The molecule has 0 heterocycles. The van der Waals surface area contributed by atoms with Crippen molar-refractivity contribution in [3.63, 3.8) is 0 Å². The molecule has 19 heavy (non-hydrogen) atoms. The summed E-state index contributed by atoms with van der Waals surface area (Å²) in [6, 6.07) is 2.36. The van der Waals surface area contributed by atoms with Gasteiger partial charge in [0.15, 0.2) is 0 Å². The zero-order valence-electron chi connectivity index (χ0n) is 13.1. The molecule has 0 fully saturated rings. The van der Waals surface area contributed by atoms with Gasteiger partial charge in [0.1, 0.15) is 5.54 Å². The zero-order chi connectivity index (χ0) is 14.4. The molecular formula is C16H32N2O. The van der Waals surface area contributed by atoms with Crippen LogP contribution in [0.15, 0.2) is 0 Å². The Labute approximate surface area is 119 Å². The smallest absolute Gasteiger partial charge is 0.103 e. The maximum absolute atomic E-state index is 9.12. The summed E-state index contributed by atoms with van der Waals surface area (Å²) in [6.45, 7) is 8.83. The van der Waals surface area contributed by atoms with Crippen LogP contribution in [0.5, 0.6) is 0 Å². The molecule has 3 heteroatoms. The molecule has 0 aliphatic rings. The van der Waals surface area contributed by atoms with Crippen molar-refractivity contribution in [2.75, 3.05) is 19.8 Å². The quantitative estimate of drug-likeness (QED) is 0.513. The Balaban J connectivity index is 3.33. The minimum Gasteiger partial charge on any atom is -0.381 e. The SMILES string of the molecule is CCCCCCCOCCCCC(C)(C#N)NCC. The Hall–Kier alpha value is -0.590. The highest BCUT2D eigenvalue weighted by molar-refractivity contribution is 5.03. The fraction of sp³-hybridized carbons (Fsp3) is 0.938. The Bertz CT molecular complexity index is 237. The number of rotatable bonds is 13. The lowest BCUT2D eigenvalue weighted by Crippen LogP contribution is -2.40. The van der Waals surface area contributed by atoms with Crippen LogP contribution in [0, 0.1) is 11.3 Å². The van der Waals surface area contributed by atoms with Crippen molar-refractivity contribution in [3.8, 4) is 6.07 Å². The molecule has 0 bridgehead atoms. The first kappa shape index (κ1) is 18.4. The fourth-order valence-corrected chi connectivity index (χ4v) is 2.17. The van der Waals surface area contributed by atoms with Crippen LogP contribution in [0.2, 0.25) is 0 Å². The van der Waals surface area contributed by atoms with Gasteiger partial charge in [-0.15, -0.1) is 0 Å². The van der Waals surface area contributed by atoms with Crippen LogP contribution in [0.4, 0.5) is 0 Å². The van der Waals surface area contributed by atoms with Crippen molar-refractivity contribution in [2.24, 2.45) is 0 Å². The van der Waals surface area contributed by atoms with E-state index in [0.717, 1.165) is 39.0 Å². The minimum atomic E-state index is -0.366. The highest BCUT2D eigenvalue weighted by Gasteiger charge is 2.20. The number of ether oxygens (including phenoxy) is 1. The molecule has 112 valence electrons. The maximum Gasteiger partial charge on any atom is 0.103 e. The van der Waals surface area contributed by atoms with Gasteiger partial charge in [0.25, 0.3) is 0 Å². The largest absolute Gasteiger partial charge is 0.381 e.